The zero-order chi connectivity index (χ0) is 10.9. The van der Waals surface area contributed by atoms with Gasteiger partial charge < -0.3 is 14.8 Å². The first-order valence-corrected chi connectivity index (χ1v) is 5.48. The first kappa shape index (κ1) is 12.2. The molecule has 86 valence electrons. The number of carbonyl (C=O) groups is 1. The van der Waals surface area contributed by atoms with Gasteiger partial charge in [0.25, 0.3) is 0 Å². The summed E-state index contributed by atoms with van der Waals surface area (Å²) in [5.41, 5.74) is 0. The molecule has 15 heavy (non-hydrogen) atoms. The van der Waals surface area contributed by atoms with Crippen molar-refractivity contribution >= 4 is 5.97 Å². The van der Waals surface area contributed by atoms with E-state index in [1.54, 1.807) is 6.92 Å². The number of hydrogen-bond donors (Lipinski definition) is 1. The van der Waals surface area contributed by atoms with E-state index in [4.69, 9.17) is 9.47 Å². The van der Waals surface area contributed by atoms with Crippen LogP contribution in [0.1, 0.15) is 19.8 Å². The van der Waals surface area contributed by atoms with Crippen LogP contribution in [0.5, 0.6) is 0 Å². The summed E-state index contributed by atoms with van der Waals surface area (Å²) in [7, 11) is 0. The van der Waals surface area contributed by atoms with Gasteiger partial charge >= 0.3 is 5.97 Å². The second-order valence-corrected chi connectivity index (χ2v) is 3.43. The molecular formula is C11H19NO3. The lowest BCUT2D eigenvalue weighted by Crippen LogP contribution is -2.38. The monoisotopic (exact) mass is 213 g/mol. The van der Waals surface area contributed by atoms with Crippen LogP contribution >= 0.6 is 0 Å². The first-order chi connectivity index (χ1) is 7.33. The van der Waals surface area contributed by atoms with Crippen molar-refractivity contribution in [3.05, 3.63) is 12.2 Å². The van der Waals surface area contributed by atoms with Crippen LogP contribution in [0.4, 0.5) is 0 Å². The fourth-order valence-corrected chi connectivity index (χ4v) is 1.46. The third kappa shape index (κ3) is 5.54. The molecule has 0 aromatic heterocycles. The molecule has 0 bridgehead atoms. The van der Waals surface area contributed by atoms with E-state index in [0.29, 0.717) is 6.61 Å². The zero-order valence-electron chi connectivity index (χ0n) is 9.20. The highest BCUT2D eigenvalue weighted by molar-refractivity contribution is 5.81. The fraction of sp³-hybridized carbons (Fsp3) is 0.727. The maximum atomic E-state index is 10.9. The molecule has 1 fully saturated rings. The lowest BCUT2D eigenvalue weighted by Gasteiger charge is -2.22. The summed E-state index contributed by atoms with van der Waals surface area (Å²) in [4.78, 5) is 10.9. The molecule has 1 rings (SSSR count). The first-order valence-electron chi connectivity index (χ1n) is 5.48. The molecule has 0 radical (unpaired) electrons. The van der Waals surface area contributed by atoms with Crippen molar-refractivity contribution in [3.8, 4) is 0 Å². The Balaban J connectivity index is 2.06. The average Bonchev–Trinajstić information content (AvgIpc) is 2.26. The van der Waals surface area contributed by atoms with Crippen molar-refractivity contribution in [2.45, 2.75) is 25.9 Å². The minimum atomic E-state index is -0.264. The number of carbonyl (C=O) groups excluding carboxylic acids is 1. The minimum absolute atomic E-state index is 0.264. The molecule has 1 saturated heterocycles. The molecule has 0 amide bonds. The van der Waals surface area contributed by atoms with Crippen molar-refractivity contribution < 1.29 is 14.3 Å². The number of ether oxygens (including phenoxy) is 2. The molecule has 1 N–H and O–H groups in total. The van der Waals surface area contributed by atoms with Gasteiger partial charge in [0.05, 0.1) is 19.3 Å². The van der Waals surface area contributed by atoms with E-state index in [9.17, 15) is 4.79 Å². The number of esters is 1. The maximum absolute atomic E-state index is 10.9. The summed E-state index contributed by atoms with van der Waals surface area (Å²) in [6.45, 7) is 4.86. The SMILES string of the molecule is CCOC(=O)/C=C/CC[C@@H]1CNCCO1. The molecule has 1 aliphatic rings. The predicted molar refractivity (Wildman–Crippen MR) is 57.6 cm³/mol. The standard InChI is InChI=1S/C11H19NO3/c1-2-14-11(13)6-4-3-5-10-9-12-7-8-15-10/h4,6,10,12H,2-3,5,7-9H2,1H3/b6-4+/t10-/m1/s1. The molecule has 0 aromatic rings. The van der Waals surface area contributed by atoms with E-state index >= 15 is 0 Å². The van der Waals surface area contributed by atoms with Gasteiger partial charge in [-0.3, -0.25) is 0 Å². The van der Waals surface area contributed by atoms with Crippen LogP contribution in [0.3, 0.4) is 0 Å². The number of morpholine rings is 1. The second kappa shape index (κ2) is 7.43. The van der Waals surface area contributed by atoms with E-state index in [1.165, 1.54) is 6.08 Å². The average molecular weight is 213 g/mol. The molecule has 0 aliphatic carbocycles. The highest BCUT2D eigenvalue weighted by Crippen LogP contribution is 2.05. The number of allylic oxidation sites excluding steroid dienone is 1. The van der Waals surface area contributed by atoms with Crippen LogP contribution in [-0.2, 0) is 14.3 Å². The van der Waals surface area contributed by atoms with Gasteiger partial charge in [0.15, 0.2) is 0 Å². The maximum Gasteiger partial charge on any atom is 0.330 e. The van der Waals surface area contributed by atoms with Gasteiger partial charge in [-0.25, -0.2) is 4.79 Å². The van der Waals surface area contributed by atoms with Gasteiger partial charge in [0.2, 0.25) is 0 Å². The van der Waals surface area contributed by atoms with Crippen molar-refractivity contribution in [2.24, 2.45) is 0 Å². The summed E-state index contributed by atoms with van der Waals surface area (Å²) >= 11 is 0. The van der Waals surface area contributed by atoms with E-state index < -0.39 is 0 Å². The van der Waals surface area contributed by atoms with Gasteiger partial charge in [0, 0.05) is 19.2 Å². The quantitative estimate of drug-likeness (QED) is 0.544. The molecule has 0 unspecified atom stereocenters. The fourth-order valence-electron chi connectivity index (χ4n) is 1.46. The van der Waals surface area contributed by atoms with Gasteiger partial charge in [-0.2, -0.15) is 0 Å². The van der Waals surface area contributed by atoms with Crippen molar-refractivity contribution in [1.29, 1.82) is 0 Å². The van der Waals surface area contributed by atoms with Crippen LogP contribution < -0.4 is 5.32 Å². The Hall–Kier alpha value is -0.870. The molecule has 0 spiro atoms. The highest BCUT2D eigenvalue weighted by Gasteiger charge is 2.11. The largest absolute Gasteiger partial charge is 0.463 e. The number of nitrogens with one attached hydrogen (secondary N) is 1. The van der Waals surface area contributed by atoms with Gasteiger partial charge in [-0.05, 0) is 19.8 Å². The summed E-state index contributed by atoms with van der Waals surface area (Å²) in [5.74, 6) is -0.264. The smallest absolute Gasteiger partial charge is 0.330 e. The molecule has 1 heterocycles. The Morgan fingerprint density at radius 2 is 2.53 bits per heavy atom. The van der Waals surface area contributed by atoms with Crippen molar-refractivity contribution in [3.63, 3.8) is 0 Å². The minimum Gasteiger partial charge on any atom is -0.463 e. The Morgan fingerprint density at radius 1 is 1.67 bits per heavy atom. The molecule has 4 nitrogen and oxygen atoms in total. The van der Waals surface area contributed by atoms with Crippen LogP contribution in [0.25, 0.3) is 0 Å². The van der Waals surface area contributed by atoms with Crippen LogP contribution in [0.15, 0.2) is 12.2 Å². The summed E-state index contributed by atoms with van der Waals surface area (Å²) < 4.78 is 10.3. The molecule has 1 atom stereocenters. The molecule has 0 saturated carbocycles. The Morgan fingerprint density at radius 3 is 3.20 bits per heavy atom. The molecule has 4 heteroatoms. The normalized spacial score (nSPS) is 21.8. The molecule has 0 aromatic carbocycles. The van der Waals surface area contributed by atoms with E-state index in [0.717, 1.165) is 32.5 Å². The Bertz CT molecular complexity index is 210. The van der Waals surface area contributed by atoms with Crippen molar-refractivity contribution in [1.82, 2.24) is 5.32 Å². The summed E-state index contributed by atoms with van der Waals surface area (Å²) in [5, 5.41) is 3.26. The van der Waals surface area contributed by atoms with Crippen LogP contribution in [0.2, 0.25) is 0 Å². The Labute approximate surface area is 90.6 Å². The van der Waals surface area contributed by atoms with Crippen LogP contribution in [0, 0.1) is 0 Å². The second-order valence-electron chi connectivity index (χ2n) is 3.43. The van der Waals surface area contributed by atoms with E-state index in [2.05, 4.69) is 5.32 Å². The lowest BCUT2D eigenvalue weighted by atomic mass is 10.1. The predicted octanol–water partition coefficient (Wildman–Crippen LogP) is 0.874. The third-order valence-corrected chi connectivity index (χ3v) is 2.20. The third-order valence-electron chi connectivity index (χ3n) is 2.20. The topological polar surface area (TPSA) is 47.6 Å². The Kier molecular flexibility index (Phi) is 6.04. The number of hydrogen-bond acceptors (Lipinski definition) is 4. The summed E-state index contributed by atoms with van der Waals surface area (Å²) in [6, 6.07) is 0. The van der Waals surface area contributed by atoms with Crippen LogP contribution in [-0.4, -0.2) is 38.4 Å². The zero-order valence-corrected chi connectivity index (χ0v) is 9.20. The van der Waals surface area contributed by atoms with Gasteiger partial charge in [-0.1, -0.05) is 6.08 Å². The highest BCUT2D eigenvalue weighted by atomic mass is 16.5. The molecular weight excluding hydrogens is 194 g/mol. The van der Waals surface area contributed by atoms with Crippen molar-refractivity contribution in [2.75, 3.05) is 26.3 Å². The van der Waals surface area contributed by atoms with Gasteiger partial charge in [-0.15, -0.1) is 0 Å². The van der Waals surface area contributed by atoms with E-state index in [-0.39, 0.29) is 12.1 Å². The summed E-state index contributed by atoms with van der Waals surface area (Å²) in [6.07, 6.45) is 5.41. The van der Waals surface area contributed by atoms with E-state index in [1.807, 2.05) is 6.08 Å². The molecule has 1 aliphatic heterocycles. The number of rotatable bonds is 5. The van der Waals surface area contributed by atoms with Gasteiger partial charge in [0.1, 0.15) is 0 Å². The lowest BCUT2D eigenvalue weighted by molar-refractivity contribution is -0.137.